The van der Waals surface area contributed by atoms with E-state index in [4.69, 9.17) is 4.74 Å². The van der Waals surface area contributed by atoms with Crippen LogP contribution in [0.2, 0.25) is 0 Å². The molecule has 1 saturated heterocycles. The fourth-order valence-corrected chi connectivity index (χ4v) is 3.28. The Labute approximate surface area is 128 Å². The zero-order chi connectivity index (χ0) is 15.7. The molecule has 2 rings (SSSR count). The first-order valence-corrected chi connectivity index (χ1v) is 7.69. The average molecular weight is 292 g/mol. The normalized spacial score (nSPS) is 27.2. The molecular weight excluding hydrogens is 264 g/mol. The second-order valence-electron chi connectivity index (χ2n) is 7.19. The van der Waals surface area contributed by atoms with Crippen molar-refractivity contribution in [3.63, 3.8) is 0 Å². The Balaban J connectivity index is 1.91. The van der Waals surface area contributed by atoms with Crippen molar-refractivity contribution in [3.8, 4) is 0 Å². The molecule has 4 nitrogen and oxygen atoms in total. The van der Waals surface area contributed by atoms with Gasteiger partial charge in [-0.25, -0.2) is 0 Å². The molecule has 0 aliphatic carbocycles. The predicted octanol–water partition coefficient (Wildman–Crippen LogP) is 2.12. The number of rotatable bonds is 5. The van der Waals surface area contributed by atoms with Crippen LogP contribution in [-0.4, -0.2) is 52.4 Å². The van der Waals surface area contributed by atoms with Crippen LogP contribution in [0.5, 0.6) is 0 Å². The maximum Gasteiger partial charge on any atom is 0.0896 e. The number of likely N-dealkylation sites (N-methyl/N-ethyl adjacent to an activating group) is 1. The smallest absolute Gasteiger partial charge is 0.0896 e. The van der Waals surface area contributed by atoms with Crippen molar-refractivity contribution >= 4 is 0 Å². The van der Waals surface area contributed by atoms with Gasteiger partial charge in [-0.3, -0.25) is 4.98 Å². The van der Waals surface area contributed by atoms with E-state index in [1.807, 2.05) is 32.2 Å². The van der Waals surface area contributed by atoms with Crippen molar-refractivity contribution in [1.29, 1.82) is 0 Å². The molecule has 0 amide bonds. The number of hydrogen-bond acceptors (Lipinski definition) is 4. The number of ether oxygens (including phenoxy) is 1. The molecule has 1 aliphatic heterocycles. The number of aliphatic hydroxyl groups is 1. The topological polar surface area (TPSA) is 45.6 Å². The fraction of sp³-hybridized carbons (Fsp3) is 0.706. The third kappa shape index (κ3) is 3.82. The highest BCUT2D eigenvalue weighted by atomic mass is 16.5. The maximum atomic E-state index is 10.5. The molecule has 2 heterocycles. The number of aliphatic hydroxyl groups excluding tert-OH is 1. The van der Waals surface area contributed by atoms with Gasteiger partial charge in [0.2, 0.25) is 0 Å². The molecule has 1 N–H and O–H groups in total. The summed E-state index contributed by atoms with van der Waals surface area (Å²) in [5.41, 5.74) is 0.324. The Kier molecular flexibility index (Phi) is 4.71. The quantitative estimate of drug-likeness (QED) is 0.903. The molecular formula is C17H28N2O2. The van der Waals surface area contributed by atoms with Crippen LogP contribution in [0.4, 0.5) is 0 Å². The van der Waals surface area contributed by atoms with Gasteiger partial charge < -0.3 is 14.7 Å². The molecule has 1 aliphatic rings. The zero-order valence-electron chi connectivity index (χ0n) is 13.8. The van der Waals surface area contributed by atoms with Gasteiger partial charge in [0.05, 0.1) is 17.3 Å². The molecule has 21 heavy (non-hydrogen) atoms. The minimum absolute atomic E-state index is 0.112. The predicted molar refractivity (Wildman–Crippen MR) is 84.2 cm³/mol. The van der Waals surface area contributed by atoms with Crippen LogP contribution < -0.4 is 0 Å². The molecule has 1 aromatic heterocycles. The lowest BCUT2D eigenvalue weighted by atomic mass is 9.84. The standard InChI is InChI=1S/C17H28N2O2/c1-16(2)14(15(20)17(3,4)21-16)12-19(5)11-9-13-8-6-7-10-18-13/h6-8,10,14-15,20H,9,11-12H2,1-5H3. The highest BCUT2D eigenvalue weighted by Crippen LogP contribution is 2.42. The van der Waals surface area contributed by atoms with Gasteiger partial charge in [0.25, 0.3) is 0 Å². The molecule has 0 aromatic carbocycles. The van der Waals surface area contributed by atoms with Gasteiger partial charge in [-0.2, -0.15) is 0 Å². The molecule has 4 heteroatoms. The van der Waals surface area contributed by atoms with Crippen molar-refractivity contribution in [2.24, 2.45) is 5.92 Å². The summed E-state index contributed by atoms with van der Waals surface area (Å²) in [4.78, 5) is 6.61. The minimum atomic E-state index is -0.476. The van der Waals surface area contributed by atoms with Crippen molar-refractivity contribution in [3.05, 3.63) is 30.1 Å². The molecule has 2 unspecified atom stereocenters. The van der Waals surface area contributed by atoms with E-state index in [1.54, 1.807) is 0 Å². The lowest BCUT2D eigenvalue weighted by Crippen LogP contribution is -2.42. The van der Waals surface area contributed by atoms with Crippen LogP contribution in [0.25, 0.3) is 0 Å². The van der Waals surface area contributed by atoms with Crippen LogP contribution in [0, 0.1) is 5.92 Å². The average Bonchev–Trinajstić information content (AvgIpc) is 2.56. The van der Waals surface area contributed by atoms with Crippen molar-refractivity contribution in [2.75, 3.05) is 20.1 Å². The summed E-state index contributed by atoms with van der Waals surface area (Å²) >= 11 is 0. The molecule has 118 valence electrons. The summed E-state index contributed by atoms with van der Waals surface area (Å²) in [7, 11) is 2.09. The van der Waals surface area contributed by atoms with Crippen molar-refractivity contribution in [2.45, 2.75) is 51.4 Å². The highest BCUT2D eigenvalue weighted by molar-refractivity contribution is 5.05. The van der Waals surface area contributed by atoms with E-state index in [0.717, 1.165) is 25.2 Å². The SMILES string of the molecule is CN(CCc1ccccn1)CC1C(O)C(C)(C)OC1(C)C. The lowest BCUT2D eigenvalue weighted by molar-refractivity contribution is -0.0912. The van der Waals surface area contributed by atoms with E-state index in [9.17, 15) is 5.11 Å². The van der Waals surface area contributed by atoms with Gasteiger partial charge >= 0.3 is 0 Å². The first-order valence-electron chi connectivity index (χ1n) is 7.69. The second kappa shape index (κ2) is 6.03. The first kappa shape index (κ1) is 16.4. The van der Waals surface area contributed by atoms with E-state index in [0.29, 0.717) is 0 Å². The first-order chi connectivity index (χ1) is 9.72. The van der Waals surface area contributed by atoms with Gasteiger partial charge in [-0.15, -0.1) is 0 Å². The molecule has 2 atom stereocenters. The Hall–Kier alpha value is -0.970. The molecule has 1 aromatic rings. The highest BCUT2D eigenvalue weighted by Gasteiger charge is 2.53. The van der Waals surface area contributed by atoms with Crippen LogP contribution in [0.15, 0.2) is 24.4 Å². The van der Waals surface area contributed by atoms with E-state index < -0.39 is 11.7 Å². The van der Waals surface area contributed by atoms with Gasteiger partial charge in [0, 0.05) is 37.3 Å². The van der Waals surface area contributed by atoms with Gasteiger partial charge in [0.15, 0.2) is 0 Å². The summed E-state index contributed by atoms with van der Waals surface area (Å²) < 4.78 is 6.04. The number of aromatic nitrogens is 1. The van der Waals surface area contributed by atoms with Crippen molar-refractivity contribution in [1.82, 2.24) is 9.88 Å². The van der Waals surface area contributed by atoms with Gasteiger partial charge in [-0.05, 0) is 46.9 Å². The summed E-state index contributed by atoms with van der Waals surface area (Å²) in [6.07, 6.45) is 2.31. The second-order valence-corrected chi connectivity index (χ2v) is 7.19. The largest absolute Gasteiger partial charge is 0.390 e. The Morgan fingerprint density at radius 3 is 2.48 bits per heavy atom. The Morgan fingerprint density at radius 2 is 1.95 bits per heavy atom. The number of hydrogen-bond donors (Lipinski definition) is 1. The summed E-state index contributed by atoms with van der Waals surface area (Å²) in [6, 6.07) is 6.00. The zero-order valence-corrected chi connectivity index (χ0v) is 13.8. The summed E-state index contributed by atoms with van der Waals surface area (Å²) in [5, 5.41) is 10.5. The minimum Gasteiger partial charge on any atom is -0.390 e. The Bertz CT molecular complexity index is 459. The van der Waals surface area contributed by atoms with Gasteiger partial charge in [-0.1, -0.05) is 6.07 Å². The molecule has 0 saturated carbocycles. The van der Waals surface area contributed by atoms with Crippen LogP contribution in [0.1, 0.15) is 33.4 Å². The van der Waals surface area contributed by atoms with Crippen LogP contribution in [0.3, 0.4) is 0 Å². The fourth-order valence-electron chi connectivity index (χ4n) is 3.28. The van der Waals surface area contributed by atoms with E-state index in [-0.39, 0.29) is 11.5 Å². The van der Waals surface area contributed by atoms with E-state index in [2.05, 4.69) is 36.8 Å². The third-order valence-electron chi connectivity index (χ3n) is 4.50. The molecule has 0 radical (unpaired) electrons. The number of pyridine rings is 1. The molecule has 0 spiro atoms. The summed E-state index contributed by atoms with van der Waals surface area (Å²) in [6.45, 7) is 9.83. The summed E-state index contributed by atoms with van der Waals surface area (Å²) in [5.74, 6) is 0.112. The van der Waals surface area contributed by atoms with E-state index >= 15 is 0 Å². The third-order valence-corrected chi connectivity index (χ3v) is 4.50. The molecule has 0 bridgehead atoms. The maximum absolute atomic E-state index is 10.5. The lowest BCUT2D eigenvalue weighted by Gasteiger charge is -2.30. The van der Waals surface area contributed by atoms with Crippen molar-refractivity contribution < 1.29 is 9.84 Å². The van der Waals surface area contributed by atoms with Crippen LogP contribution in [-0.2, 0) is 11.2 Å². The van der Waals surface area contributed by atoms with E-state index in [1.165, 1.54) is 0 Å². The number of nitrogens with zero attached hydrogens (tertiary/aromatic N) is 2. The van der Waals surface area contributed by atoms with Crippen LogP contribution >= 0.6 is 0 Å². The Morgan fingerprint density at radius 1 is 1.24 bits per heavy atom. The van der Waals surface area contributed by atoms with Gasteiger partial charge in [0.1, 0.15) is 0 Å². The molecule has 1 fully saturated rings. The monoisotopic (exact) mass is 292 g/mol.